The second-order valence-electron chi connectivity index (χ2n) is 6.29. The predicted molar refractivity (Wildman–Crippen MR) is 83.6 cm³/mol. The number of hydrogen-bond donors (Lipinski definition) is 3. The van der Waals surface area contributed by atoms with Crippen molar-refractivity contribution in [1.29, 1.82) is 0 Å². The maximum atomic E-state index is 14.2. The highest BCUT2D eigenvalue weighted by Crippen LogP contribution is 2.40. The number of urea groups is 1. The zero-order valence-corrected chi connectivity index (χ0v) is 15.0. The molecule has 12 nitrogen and oxygen atoms in total. The number of ether oxygens (including phenoxy) is 1. The molecule has 5 unspecified atom stereocenters. The Morgan fingerprint density at radius 1 is 1.56 bits per heavy atom. The first-order valence-electron chi connectivity index (χ1n) is 7.87. The molecular weight excluding hydrogens is 390 g/mol. The van der Waals surface area contributed by atoms with Crippen LogP contribution in [0.4, 0.5) is 9.18 Å². The van der Waals surface area contributed by atoms with Crippen molar-refractivity contribution < 1.29 is 42.4 Å². The molecule has 2 aliphatic rings. The molecule has 3 rings (SSSR count). The fourth-order valence-corrected chi connectivity index (χ4v) is 3.38. The van der Waals surface area contributed by atoms with Gasteiger partial charge in [0.1, 0.15) is 18.7 Å². The summed E-state index contributed by atoms with van der Waals surface area (Å²) in [5.41, 5.74) is -2.31. The third-order valence-corrected chi connectivity index (χ3v) is 4.92. The van der Waals surface area contributed by atoms with E-state index in [-0.39, 0.29) is 6.42 Å². The van der Waals surface area contributed by atoms with Gasteiger partial charge in [0.2, 0.25) is 5.67 Å². The van der Waals surface area contributed by atoms with Gasteiger partial charge in [-0.05, 0) is 6.92 Å². The number of aliphatic hydroxyl groups excluding tert-OH is 1. The van der Waals surface area contributed by atoms with Gasteiger partial charge in [-0.25, -0.2) is 18.7 Å². The molecule has 3 heterocycles. The van der Waals surface area contributed by atoms with Gasteiger partial charge in [-0.2, -0.15) is 4.73 Å². The van der Waals surface area contributed by atoms with E-state index >= 15 is 0 Å². The van der Waals surface area contributed by atoms with E-state index in [0.717, 1.165) is 22.9 Å². The quantitative estimate of drug-likeness (QED) is 0.513. The number of imidazole rings is 1. The van der Waals surface area contributed by atoms with Crippen LogP contribution in [-0.2, 0) is 18.6 Å². The zero-order chi connectivity index (χ0) is 19.8. The fourth-order valence-electron chi connectivity index (χ4n) is 2.66. The molecule has 2 aliphatic heterocycles. The van der Waals surface area contributed by atoms with Crippen molar-refractivity contribution in [3.8, 4) is 0 Å². The number of imide groups is 1. The van der Waals surface area contributed by atoms with Gasteiger partial charge in [0.25, 0.3) is 5.91 Å². The van der Waals surface area contributed by atoms with E-state index in [9.17, 15) is 28.5 Å². The third kappa shape index (κ3) is 4.45. The summed E-state index contributed by atoms with van der Waals surface area (Å²) >= 11 is 0. The Morgan fingerprint density at radius 3 is 2.96 bits per heavy atom. The molecule has 2 saturated heterocycles. The largest absolute Gasteiger partial charge is 0.546 e. The number of aromatic nitrogens is 2. The van der Waals surface area contributed by atoms with Crippen LogP contribution in [0.2, 0.25) is 0 Å². The monoisotopic (exact) mass is 408 g/mol. The van der Waals surface area contributed by atoms with Crippen molar-refractivity contribution in [3.05, 3.63) is 18.7 Å². The first-order chi connectivity index (χ1) is 12.6. The standard InChI is InChI=1S/C13H18FN4O8P/c1-13(14)6-18(12(21)16-11(13)20)10-4-8(19)9(25-10)5-24-27(22,23)26-17-3-2-15-7-17/h2-3,7-10,19H,4-6H2,1H3,(H,22,23)(H,16,20,21). The number of alkyl halides is 1. The van der Waals surface area contributed by atoms with Gasteiger partial charge in [-0.1, -0.05) is 0 Å². The summed E-state index contributed by atoms with van der Waals surface area (Å²) in [6, 6.07) is -0.856. The van der Waals surface area contributed by atoms with Crippen LogP contribution in [-0.4, -0.2) is 73.8 Å². The molecule has 0 bridgehead atoms. The maximum Gasteiger partial charge on any atom is 0.546 e. The minimum absolute atomic E-state index is 0.0934. The number of amides is 3. The van der Waals surface area contributed by atoms with Crippen LogP contribution < -0.4 is 9.94 Å². The second kappa shape index (κ2) is 7.17. The summed E-state index contributed by atoms with van der Waals surface area (Å²) in [6.45, 7) is -0.0600. The molecule has 0 saturated carbocycles. The van der Waals surface area contributed by atoms with Crippen LogP contribution in [0.25, 0.3) is 0 Å². The summed E-state index contributed by atoms with van der Waals surface area (Å²) in [5.74, 6) is -1.06. The van der Waals surface area contributed by atoms with Crippen molar-refractivity contribution in [3.63, 3.8) is 0 Å². The lowest BCUT2D eigenvalue weighted by atomic mass is 10.0. The van der Waals surface area contributed by atoms with E-state index in [2.05, 4.69) is 9.61 Å². The van der Waals surface area contributed by atoms with Gasteiger partial charge in [0.05, 0.1) is 25.5 Å². The van der Waals surface area contributed by atoms with Gasteiger partial charge >= 0.3 is 13.9 Å². The number of rotatable bonds is 6. The number of nitrogens with zero attached hydrogens (tertiary/aromatic N) is 3. The Bertz CT molecular complexity index is 760. The summed E-state index contributed by atoms with van der Waals surface area (Å²) < 4.78 is 41.8. The van der Waals surface area contributed by atoms with E-state index in [4.69, 9.17) is 9.26 Å². The van der Waals surface area contributed by atoms with E-state index in [1.807, 2.05) is 5.32 Å². The van der Waals surface area contributed by atoms with Crippen molar-refractivity contribution in [1.82, 2.24) is 19.9 Å². The molecule has 0 aromatic carbocycles. The van der Waals surface area contributed by atoms with Gasteiger partial charge in [-0.3, -0.25) is 24.4 Å². The van der Waals surface area contributed by atoms with Crippen molar-refractivity contribution >= 4 is 19.8 Å². The summed E-state index contributed by atoms with van der Waals surface area (Å²) in [7, 11) is -4.52. The van der Waals surface area contributed by atoms with Crippen LogP contribution in [0, 0.1) is 0 Å². The third-order valence-electron chi connectivity index (χ3n) is 4.05. The molecule has 5 atom stereocenters. The molecule has 3 amide bonds. The first-order valence-corrected chi connectivity index (χ1v) is 9.37. The molecule has 0 radical (unpaired) electrons. The molecule has 150 valence electrons. The van der Waals surface area contributed by atoms with Crippen molar-refractivity contribution in [2.75, 3.05) is 13.2 Å². The predicted octanol–water partition coefficient (Wildman–Crippen LogP) is -0.815. The smallest absolute Gasteiger partial charge is 0.390 e. The molecule has 14 heteroatoms. The van der Waals surface area contributed by atoms with E-state index < -0.39 is 57.0 Å². The fraction of sp³-hybridized carbons (Fsp3) is 0.615. The normalized spacial score (nSPS) is 33.6. The van der Waals surface area contributed by atoms with Crippen molar-refractivity contribution in [2.45, 2.75) is 37.4 Å². The molecule has 3 N–H and O–H groups in total. The molecule has 0 spiro atoms. The Labute approximate surface area is 152 Å². The lowest BCUT2D eigenvalue weighted by molar-refractivity contribution is -0.138. The number of phosphoric acid groups is 1. The molecule has 1 aromatic rings. The summed E-state index contributed by atoms with van der Waals surface area (Å²) in [4.78, 5) is 37.6. The van der Waals surface area contributed by atoms with Crippen LogP contribution in [0.15, 0.2) is 18.7 Å². The molecule has 1 aromatic heterocycles. The zero-order valence-electron chi connectivity index (χ0n) is 14.1. The van der Waals surface area contributed by atoms with Crippen LogP contribution in [0.3, 0.4) is 0 Å². The van der Waals surface area contributed by atoms with Crippen molar-refractivity contribution in [2.24, 2.45) is 0 Å². The minimum atomic E-state index is -4.52. The molecule has 0 aliphatic carbocycles. The highest BCUT2D eigenvalue weighted by atomic mass is 31.2. The average Bonchev–Trinajstić information content (AvgIpc) is 3.18. The van der Waals surface area contributed by atoms with Gasteiger partial charge in [0, 0.05) is 12.6 Å². The highest BCUT2D eigenvalue weighted by Gasteiger charge is 2.48. The van der Waals surface area contributed by atoms with Crippen LogP contribution in [0.1, 0.15) is 13.3 Å². The van der Waals surface area contributed by atoms with E-state index in [0.29, 0.717) is 0 Å². The first kappa shape index (κ1) is 19.7. The lowest BCUT2D eigenvalue weighted by Crippen LogP contribution is -2.63. The maximum absolute atomic E-state index is 14.2. The SMILES string of the molecule is CC1(F)CN(C2CC(O)C(COP(=O)(O)On3ccnc3)O2)C(=O)NC1=O. The van der Waals surface area contributed by atoms with E-state index in [1.165, 1.54) is 12.4 Å². The Kier molecular flexibility index (Phi) is 5.23. The number of aliphatic hydroxyl groups is 1. The topological polar surface area (TPSA) is 152 Å². The Morgan fingerprint density at radius 2 is 2.30 bits per heavy atom. The Hall–Kier alpha value is -2.05. The number of phosphoric ester groups is 1. The second-order valence-corrected chi connectivity index (χ2v) is 7.64. The highest BCUT2D eigenvalue weighted by molar-refractivity contribution is 7.47. The van der Waals surface area contributed by atoms with E-state index in [1.54, 1.807) is 0 Å². The van der Waals surface area contributed by atoms with Gasteiger partial charge in [0.15, 0.2) is 0 Å². The number of halogens is 1. The van der Waals surface area contributed by atoms with Gasteiger partial charge in [-0.15, -0.1) is 0 Å². The molecular formula is C13H18FN4O8P. The number of carbonyl (C=O) groups is 2. The van der Waals surface area contributed by atoms with Crippen LogP contribution in [0.5, 0.6) is 0 Å². The number of hydrogen-bond acceptors (Lipinski definition) is 8. The summed E-state index contributed by atoms with van der Waals surface area (Å²) in [5, 5.41) is 11.9. The van der Waals surface area contributed by atoms with Gasteiger partial charge < -0.3 is 14.5 Å². The van der Waals surface area contributed by atoms with Crippen LogP contribution >= 0.6 is 7.82 Å². The lowest BCUT2D eigenvalue weighted by Gasteiger charge is -2.37. The Balaban J connectivity index is 1.57. The molecule has 27 heavy (non-hydrogen) atoms. The average molecular weight is 408 g/mol. The molecule has 2 fully saturated rings. The minimum Gasteiger partial charge on any atom is -0.390 e. The summed E-state index contributed by atoms with van der Waals surface area (Å²) in [6.07, 6.45) is 0.369. The number of carbonyl (C=O) groups excluding carboxylic acids is 2. The number of nitrogens with one attached hydrogen (secondary N) is 1.